The first-order chi connectivity index (χ1) is 12.1. The molecule has 1 saturated heterocycles. The first kappa shape index (κ1) is 17.5. The van der Waals surface area contributed by atoms with Crippen molar-refractivity contribution in [2.24, 2.45) is 0 Å². The number of rotatable bonds is 7. The van der Waals surface area contributed by atoms with Gasteiger partial charge in [-0.2, -0.15) is 0 Å². The number of amides is 1. The Morgan fingerprint density at radius 1 is 1.36 bits per heavy atom. The number of methoxy groups -OCH3 is 1. The number of benzene rings is 1. The molecule has 1 aromatic carbocycles. The number of ether oxygens (including phenoxy) is 2. The van der Waals surface area contributed by atoms with Crippen molar-refractivity contribution in [2.45, 2.75) is 31.9 Å². The first-order valence-electron chi connectivity index (χ1n) is 8.59. The Balaban J connectivity index is 1.54. The maximum absolute atomic E-state index is 12.5. The summed E-state index contributed by atoms with van der Waals surface area (Å²) in [7, 11) is 1.70. The van der Waals surface area contributed by atoms with Crippen molar-refractivity contribution in [1.29, 1.82) is 0 Å². The molecule has 6 heteroatoms. The highest BCUT2D eigenvalue weighted by molar-refractivity contribution is 5.76. The van der Waals surface area contributed by atoms with Gasteiger partial charge in [-0.1, -0.05) is 18.2 Å². The highest BCUT2D eigenvalue weighted by Crippen LogP contribution is 2.27. The van der Waals surface area contributed by atoms with Gasteiger partial charge in [-0.25, -0.2) is 4.98 Å². The third kappa shape index (κ3) is 4.20. The van der Waals surface area contributed by atoms with Gasteiger partial charge in [-0.05, 0) is 25.0 Å². The Bertz CT molecular complexity index is 702. The van der Waals surface area contributed by atoms with Crippen molar-refractivity contribution >= 4 is 5.91 Å². The lowest BCUT2D eigenvalue weighted by Crippen LogP contribution is -2.42. The molecule has 1 aliphatic heterocycles. The van der Waals surface area contributed by atoms with Crippen LogP contribution in [0.15, 0.2) is 43.0 Å². The van der Waals surface area contributed by atoms with Crippen LogP contribution in [0.4, 0.5) is 0 Å². The molecule has 1 amide bonds. The zero-order valence-electron chi connectivity index (χ0n) is 14.9. The smallest absolute Gasteiger partial charge is 0.224 e. The number of carbonyl (C=O) groups is 1. The molecule has 2 aromatic rings. The molecule has 0 saturated carbocycles. The molecule has 0 unspecified atom stereocenters. The van der Waals surface area contributed by atoms with Gasteiger partial charge in [-0.3, -0.25) is 4.79 Å². The van der Waals surface area contributed by atoms with Crippen LogP contribution < -0.4 is 4.74 Å². The van der Waals surface area contributed by atoms with Crippen LogP contribution in [0.5, 0.6) is 5.75 Å². The minimum absolute atomic E-state index is 0.142. The van der Waals surface area contributed by atoms with Crippen LogP contribution in [-0.4, -0.2) is 52.8 Å². The van der Waals surface area contributed by atoms with Gasteiger partial charge in [0, 0.05) is 39.0 Å². The maximum atomic E-state index is 12.5. The lowest BCUT2D eigenvalue weighted by molar-refractivity contribution is -0.132. The second kappa shape index (κ2) is 7.70. The normalized spacial score (nSPS) is 20.0. The molecule has 0 aliphatic carbocycles. The number of aromatic nitrogens is 2. The maximum Gasteiger partial charge on any atom is 0.224 e. The molecule has 6 nitrogen and oxygen atoms in total. The molecule has 1 fully saturated rings. The molecule has 1 aliphatic rings. The molecule has 0 radical (unpaired) electrons. The van der Waals surface area contributed by atoms with Gasteiger partial charge in [0.1, 0.15) is 18.0 Å². The van der Waals surface area contributed by atoms with Crippen LogP contribution in [0, 0.1) is 6.92 Å². The lowest BCUT2D eigenvalue weighted by atomic mass is 10.0. The van der Waals surface area contributed by atoms with E-state index in [1.54, 1.807) is 19.6 Å². The van der Waals surface area contributed by atoms with Crippen LogP contribution in [0.2, 0.25) is 0 Å². The summed E-state index contributed by atoms with van der Waals surface area (Å²) in [6.45, 7) is 4.38. The zero-order valence-corrected chi connectivity index (χ0v) is 14.9. The predicted octanol–water partition coefficient (Wildman–Crippen LogP) is 2.28. The summed E-state index contributed by atoms with van der Waals surface area (Å²) in [5.74, 6) is 1.01. The van der Waals surface area contributed by atoms with Crippen LogP contribution >= 0.6 is 0 Å². The number of para-hydroxylation sites is 1. The van der Waals surface area contributed by atoms with E-state index in [0.29, 0.717) is 32.7 Å². The van der Waals surface area contributed by atoms with E-state index in [0.717, 1.165) is 17.7 Å². The Labute approximate surface area is 148 Å². The molecule has 0 spiro atoms. The fraction of sp³-hybridized carbons (Fsp3) is 0.474. The van der Waals surface area contributed by atoms with E-state index in [-0.39, 0.29) is 5.91 Å². The summed E-state index contributed by atoms with van der Waals surface area (Å²) < 4.78 is 13.7. The molecule has 134 valence electrons. The summed E-state index contributed by atoms with van der Waals surface area (Å²) in [6.07, 6.45) is 6.57. The molecule has 1 atom stereocenters. The SMILES string of the molecule is CO[C@@]1(COc2ccccc2C)CCN(C(=O)CCn2ccnc2)C1. The van der Waals surface area contributed by atoms with E-state index in [2.05, 4.69) is 4.98 Å². The number of imidazole rings is 1. The van der Waals surface area contributed by atoms with Gasteiger partial charge in [-0.15, -0.1) is 0 Å². The molecular weight excluding hydrogens is 318 g/mol. The van der Waals surface area contributed by atoms with Gasteiger partial charge in [0.15, 0.2) is 0 Å². The van der Waals surface area contributed by atoms with Gasteiger partial charge >= 0.3 is 0 Å². The Morgan fingerprint density at radius 2 is 2.20 bits per heavy atom. The number of hydrogen-bond acceptors (Lipinski definition) is 4. The quantitative estimate of drug-likeness (QED) is 0.774. The number of likely N-dealkylation sites (tertiary alicyclic amines) is 1. The second-order valence-corrected chi connectivity index (χ2v) is 6.56. The molecule has 25 heavy (non-hydrogen) atoms. The molecule has 2 heterocycles. The van der Waals surface area contributed by atoms with Gasteiger partial charge < -0.3 is 18.9 Å². The molecule has 3 rings (SSSR count). The van der Waals surface area contributed by atoms with E-state index in [1.807, 2.05) is 46.9 Å². The topological polar surface area (TPSA) is 56.6 Å². The second-order valence-electron chi connectivity index (χ2n) is 6.56. The van der Waals surface area contributed by atoms with Crippen LogP contribution in [0.25, 0.3) is 0 Å². The number of carbonyl (C=O) groups excluding carboxylic acids is 1. The van der Waals surface area contributed by atoms with Gasteiger partial charge in [0.25, 0.3) is 0 Å². The fourth-order valence-corrected chi connectivity index (χ4v) is 3.13. The standard InChI is InChI=1S/C19H25N3O3/c1-16-5-3-4-6-17(16)25-14-19(24-2)8-11-22(13-19)18(23)7-10-21-12-9-20-15-21/h3-6,9,12,15H,7-8,10-11,13-14H2,1-2H3/t19-/m0/s1. The third-order valence-electron chi connectivity index (χ3n) is 4.83. The lowest BCUT2D eigenvalue weighted by Gasteiger charge is -2.28. The van der Waals surface area contributed by atoms with Crippen molar-refractivity contribution in [3.8, 4) is 5.75 Å². The van der Waals surface area contributed by atoms with Crippen molar-refractivity contribution < 1.29 is 14.3 Å². The largest absolute Gasteiger partial charge is 0.490 e. The molecule has 0 bridgehead atoms. The van der Waals surface area contributed by atoms with Crippen LogP contribution in [0.3, 0.4) is 0 Å². The highest BCUT2D eigenvalue weighted by Gasteiger charge is 2.41. The van der Waals surface area contributed by atoms with E-state index >= 15 is 0 Å². The van der Waals surface area contributed by atoms with Gasteiger partial charge in [0.2, 0.25) is 5.91 Å². The first-order valence-corrected chi connectivity index (χ1v) is 8.59. The number of hydrogen-bond donors (Lipinski definition) is 0. The minimum atomic E-state index is -0.438. The third-order valence-corrected chi connectivity index (χ3v) is 4.83. The Hall–Kier alpha value is -2.34. The van der Waals surface area contributed by atoms with E-state index in [9.17, 15) is 4.79 Å². The average Bonchev–Trinajstić information content (AvgIpc) is 3.29. The Morgan fingerprint density at radius 3 is 2.92 bits per heavy atom. The van der Waals surface area contributed by atoms with Crippen molar-refractivity contribution in [3.63, 3.8) is 0 Å². The molecular formula is C19H25N3O3. The summed E-state index contributed by atoms with van der Waals surface area (Å²) in [6, 6.07) is 7.93. The van der Waals surface area contributed by atoms with Crippen molar-refractivity contribution in [3.05, 3.63) is 48.5 Å². The summed E-state index contributed by atoms with van der Waals surface area (Å²) >= 11 is 0. The predicted molar refractivity (Wildman–Crippen MR) is 94.5 cm³/mol. The van der Waals surface area contributed by atoms with Crippen molar-refractivity contribution in [2.75, 3.05) is 26.8 Å². The van der Waals surface area contributed by atoms with E-state index in [4.69, 9.17) is 9.47 Å². The Kier molecular flexibility index (Phi) is 5.38. The number of nitrogens with zero attached hydrogens (tertiary/aromatic N) is 3. The fourth-order valence-electron chi connectivity index (χ4n) is 3.13. The molecule has 1 aromatic heterocycles. The van der Waals surface area contributed by atoms with Gasteiger partial charge in [0.05, 0.1) is 12.9 Å². The monoisotopic (exact) mass is 343 g/mol. The van der Waals surface area contributed by atoms with E-state index < -0.39 is 5.60 Å². The highest BCUT2D eigenvalue weighted by atomic mass is 16.5. The summed E-state index contributed by atoms with van der Waals surface area (Å²) in [4.78, 5) is 18.3. The zero-order chi connectivity index (χ0) is 17.7. The minimum Gasteiger partial charge on any atom is -0.490 e. The van der Waals surface area contributed by atoms with Crippen molar-refractivity contribution in [1.82, 2.24) is 14.5 Å². The number of aryl methyl sites for hydroxylation is 2. The summed E-state index contributed by atoms with van der Waals surface area (Å²) in [5, 5.41) is 0. The van der Waals surface area contributed by atoms with E-state index in [1.165, 1.54) is 0 Å². The average molecular weight is 343 g/mol. The van der Waals surface area contributed by atoms with Crippen LogP contribution in [-0.2, 0) is 16.1 Å². The molecule has 0 N–H and O–H groups in total. The van der Waals surface area contributed by atoms with Crippen LogP contribution in [0.1, 0.15) is 18.4 Å². The summed E-state index contributed by atoms with van der Waals surface area (Å²) in [5.41, 5.74) is 0.660.